The fourth-order valence-corrected chi connectivity index (χ4v) is 2.61. The summed E-state index contributed by atoms with van der Waals surface area (Å²) < 4.78 is 0. The van der Waals surface area contributed by atoms with Crippen LogP contribution >= 0.6 is 11.6 Å². The number of hydrogen-bond donors (Lipinski definition) is 2. The van der Waals surface area contributed by atoms with Crippen LogP contribution in [0, 0.1) is 12.8 Å². The summed E-state index contributed by atoms with van der Waals surface area (Å²) in [5.41, 5.74) is 1.80. The molecular formula is C14H19ClN2O. The molecule has 1 aromatic rings. The minimum Gasteiger partial charge on any atom is -0.325 e. The van der Waals surface area contributed by atoms with Gasteiger partial charge in [-0.15, -0.1) is 0 Å². The van der Waals surface area contributed by atoms with E-state index >= 15 is 0 Å². The molecule has 2 rings (SSSR count). The molecule has 0 bridgehead atoms. The lowest BCUT2D eigenvalue weighted by atomic mass is 9.92. The van der Waals surface area contributed by atoms with Crippen LogP contribution in [0.15, 0.2) is 18.2 Å². The van der Waals surface area contributed by atoms with E-state index in [0.29, 0.717) is 16.8 Å². The lowest BCUT2D eigenvalue weighted by Crippen LogP contribution is -2.40. The number of aryl methyl sites for hydroxylation is 1. The van der Waals surface area contributed by atoms with E-state index in [2.05, 4.69) is 17.6 Å². The van der Waals surface area contributed by atoms with Gasteiger partial charge >= 0.3 is 0 Å². The molecule has 0 radical (unpaired) electrons. The minimum atomic E-state index is 0.0779. The molecule has 1 saturated heterocycles. The first-order valence-corrected chi connectivity index (χ1v) is 6.74. The molecule has 0 spiro atoms. The Bertz CT molecular complexity index is 447. The number of piperidine rings is 1. The Morgan fingerprint density at radius 3 is 2.94 bits per heavy atom. The summed E-state index contributed by atoms with van der Waals surface area (Å²) in [4.78, 5) is 12.2. The Labute approximate surface area is 113 Å². The number of anilines is 1. The largest absolute Gasteiger partial charge is 0.325 e. The molecule has 1 fully saturated rings. The molecule has 98 valence electrons. The van der Waals surface area contributed by atoms with Crippen LogP contribution in [-0.2, 0) is 4.79 Å². The number of hydrogen-bond acceptors (Lipinski definition) is 2. The van der Waals surface area contributed by atoms with Crippen LogP contribution in [-0.4, -0.2) is 18.5 Å². The predicted molar refractivity (Wildman–Crippen MR) is 75.0 cm³/mol. The van der Waals surface area contributed by atoms with Gasteiger partial charge < -0.3 is 10.6 Å². The van der Waals surface area contributed by atoms with Gasteiger partial charge in [-0.2, -0.15) is 0 Å². The topological polar surface area (TPSA) is 41.1 Å². The molecule has 1 amide bonds. The number of carbonyl (C=O) groups is 1. The summed E-state index contributed by atoms with van der Waals surface area (Å²) in [6.45, 7) is 4.99. The number of benzene rings is 1. The van der Waals surface area contributed by atoms with Gasteiger partial charge in [-0.05, 0) is 50.9 Å². The summed E-state index contributed by atoms with van der Waals surface area (Å²) in [5, 5.41) is 6.87. The van der Waals surface area contributed by atoms with Gasteiger partial charge in [0, 0.05) is 12.0 Å². The van der Waals surface area contributed by atoms with Crippen molar-refractivity contribution in [1.82, 2.24) is 5.32 Å². The molecule has 4 heteroatoms. The molecule has 1 aromatic carbocycles. The first-order valence-electron chi connectivity index (χ1n) is 6.36. The summed E-state index contributed by atoms with van der Waals surface area (Å²) in [5.74, 6) is 0.160. The summed E-state index contributed by atoms with van der Waals surface area (Å²) >= 11 is 6.11. The Morgan fingerprint density at radius 2 is 2.28 bits per heavy atom. The van der Waals surface area contributed by atoms with Crippen LogP contribution in [0.3, 0.4) is 0 Å². The highest BCUT2D eigenvalue weighted by Gasteiger charge is 2.24. The molecule has 2 N–H and O–H groups in total. The van der Waals surface area contributed by atoms with Crippen molar-refractivity contribution in [1.29, 1.82) is 0 Å². The average Bonchev–Trinajstić information content (AvgIpc) is 2.32. The quantitative estimate of drug-likeness (QED) is 0.864. The van der Waals surface area contributed by atoms with Crippen LogP contribution in [0.2, 0.25) is 5.02 Å². The zero-order chi connectivity index (χ0) is 13.1. The normalized spacial score (nSPS) is 23.7. The Balaban J connectivity index is 2.02. The van der Waals surface area contributed by atoms with E-state index in [1.807, 2.05) is 25.1 Å². The second-order valence-electron chi connectivity index (χ2n) is 5.05. The molecule has 1 aliphatic rings. The van der Waals surface area contributed by atoms with Crippen LogP contribution in [0.25, 0.3) is 0 Å². The Morgan fingerprint density at radius 1 is 1.50 bits per heavy atom. The second kappa shape index (κ2) is 5.72. The third-order valence-electron chi connectivity index (χ3n) is 3.38. The maximum Gasteiger partial charge on any atom is 0.227 e. The van der Waals surface area contributed by atoms with Gasteiger partial charge in [0.15, 0.2) is 0 Å². The van der Waals surface area contributed by atoms with Crippen molar-refractivity contribution in [2.45, 2.75) is 32.7 Å². The van der Waals surface area contributed by atoms with E-state index in [0.717, 1.165) is 24.9 Å². The summed E-state index contributed by atoms with van der Waals surface area (Å²) in [6.07, 6.45) is 1.77. The lowest BCUT2D eigenvalue weighted by Gasteiger charge is -2.27. The maximum absolute atomic E-state index is 12.2. The fourth-order valence-electron chi connectivity index (χ4n) is 2.33. The molecule has 1 heterocycles. The van der Waals surface area contributed by atoms with Crippen molar-refractivity contribution in [2.75, 3.05) is 11.9 Å². The average molecular weight is 267 g/mol. The number of rotatable bonds is 2. The molecule has 1 aliphatic heterocycles. The van der Waals surface area contributed by atoms with E-state index in [1.165, 1.54) is 0 Å². The zero-order valence-electron chi connectivity index (χ0n) is 10.8. The summed E-state index contributed by atoms with van der Waals surface area (Å²) in [7, 11) is 0. The first kappa shape index (κ1) is 13.4. The second-order valence-corrected chi connectivity index (χ2v) is 5.46. The number of halogens is 1. The summed E-state index contributed by atoms with van der Waals surface area (Å²) in [6, 6.07) is 6.08. The van der Waals surface area contributed by atoms with Crippen molar-refractivity contribution < 1.29 is 4.79 Å². The number of carbonyl (C=O) groups excluding carboxylic acids is 1. The Hall–Kier alpha value is -1.06. The van der Waals surface area contributed by atoms with E-state index in [-0.39, 0.29) is 11.8 Å². The predicted octanol–water partition coefficient (Wildman–Crippen LogP) is 2.98. The van der Waals surface area contributed by atoms with E-state index in [1.54, 1.807) is 0 Å². The molecule has 0 aliphatic carbocycles. The molecule has 18 heavy (non-hydrogen) atoms. The van der Waals surface area contributed by atoms with Gasteiger partial charge in [-0.3, -0.25) is 4.79 Å². The molecule has 2 atom stereocenters. The zero-order valence-corrected chi connectivity index (χ0v) is 11.6. The van der Waals surface area contributed by atoms with Crippen LogP contribution in [0.4, 0.5) is 5.69 Å². The van der Waals surface area contributed by atoms with Gasteiger partial charge in [0.25, 0.3) is 0 Å². The molecule has 0 saturated carbocycles. The highest BCUT2D eigenvalue weighted by atomic mass is 35.5. The molecule has 0 unspecified atom stereocenters. The lowest BCUT2D eigenvalue weighted by molar-refractivity contribution is -0.120. The van der Waals surface area contributed by atoms with Crippen LogP contribution in [0.1, 0.15) is 25.3 Å². The van der Waals surface area contributed by atoms with E-state index in [9.17, 15) is 4.79 Å². The van der Waals surface area contributed by atoms with Crippen LogP contribution < -0.4 is 10.6 Å². The third-order valence-corrected chi connectivity index (χ3v) is 3.69. The van der Waals surface area contributed by atoms with Crippen molar-refractivity contribution in [2.24, 2.45) is 5.92 Å². The number of nitrogens with one attached hydrogen (secondary N) is 2. The van der Waals surface area contributed by atoms with Gasteiger partial charge in [0.1, 0.15) is 0 Å². The standard InChI is InChI=1S/C14H19ClN2O/c1-9-3-4-13(12(15)7-9)17-14(18)11-5-6-16-10(2)8-11/h3-4,7,10-11,16H,5-6,8H2,1-2H3,(H,17,18)/t10-,11-/m0/s1. The highest BCUT2D eigenvalue weighted by Crippen LogP contribution is 2.25. The van der Waals surface area contributed by atoms with Gasteiger partial charge in [0.2, 0.25) is 5.91 Å². The van der Waals surface area contributed by atoms with Crippen molar-refractivity contribution >= 4 is 23.2 Å². The monoisotopic (exact) mass is 266 g/mol. The highest BCUT2D eigenvalue weighted by molar-refractivity contribution is 6.33. The van der Waals surface area contributed by atoms with E-state index in [4.69, 9.17) is 11.6 Å². The smallest absolute Gasteiger partial charge is 0.227 e. The van der Waals surface area contributed by atoms with Gasteiger partial charge in [0.05, 0.1) is 10.7 Å². The minimum absolute atomic E-state index is 0.0779. The van der Waals surface area contributed by atoms with Gasteiger partial charge in [-0.25, -0.2) is 0 Å². The van der Waals surface area contributed by atoms with Crippen molar-refractivity contribution in [3.63, 3.8) is 0 Å². The number of amides is 1. The van der Waals surface area contributed by atoms with E-state index < -0.39 is 0 Å². The fraction of sp³-hybridized carbons (Fsp3) is 0.500. The first-order chi connectivity index (χ1) is 8.56. The molecule has 0 aromatic heterocycles. The third kappa shape index (κ3) is 3.24. The maximum atomic E-state index is 12.2. The van der Waals surface area contributed by atoms with Crippen molar-refractivity contribution in [3.05, 3.63) is 28.8 Å². The SMILES string of the molecule is Cc1ccc(NC(=O)[C@H]2CCN[C@@H](C)C2)c(Cl)c1. The Kier molecular flexibility index (Phi) is 4.25. The molecule has 3 nitrogen and oxygen atoms in total. The van der Waals surface area contributed by atoms with Crippen LogP contribution in [0.5, 0.6) is 0 Å². The van der Waals surface area contributed by atoms with Gasteiger partial charge in [-0.1, -0.05) is 17.7 Å². The van der Waals surface area contributed by atoms with Crippen molar-refractivity contribution in [3.8, 4) is 0 Å². The molecular weight excluding hydrogens is 248 g/mol.